The van der Waals surface area contributed by atoms with Crippen molar-refractivity contribution in [3.05, 3.63) is 0 Å². The predicted molar refractivity (Wildman–Crippen MR) is 94.3 cm³/mol. The first-order valence-corrected chi connectivity index (χ1v) is 10.9. The lowest BCUT2D eigenvalue weighted by atomic mass is 10.4. The van der Waals surface area contributed by atoms with Gasteiger partial charge in [-0.25, -0.2) is 0 Å². The van der Waals surface area contributed by atoms with Crippen molar-refractivity contribution >= 4 is 8.80 Å². The van der Waals surface area contributed by atoms with E-state index >= 15 is 0 Å². The van der Waals surface area contributed by atoms with Crippen LogP contribution in [0.5, 0.6) is 0 Å². The topological polar surface area (TPSA) is 93.5 Å². The Morgan fingerprint density at radius 3 is 1.54 bits per heavy atom. The summed E-state index contributed by atoms with van der Waals surface area (Å²) in [6.45, 7) is 13.4. The van der Waals surface area contributed by atoms with Crippen molar-refractivity contribution < 1.29 is 33.0 Å². The summed E-state index contributed by atoms with van der Waals surface area (Å²) >= 11 is 0. The van der Waals surface area contributed by atoms with E-state index in [1.807, 2.05) is 20.8 Å². The Hall–Kier alpha value is -0.0631. The van der Waals surface area contributed by atoms with E-state index in [0.717, 1.165) is 45.3 Å². The molecule has 0 saturated carbocycles. The fourth-order valence-electron chi connectivity index (χ4n) is 2.05. The largest absolute Gasteiger partial charge is 0.500 e. The quantitative estimate of drug-likeness (QED) is 0.363. The zero-order valence-corrected chi connectivity index (χ0v) is 16.7. The van der Waals surface area contributed by atoms with Crippen LogP contribution in [0.3, 0.4) is 0 Å². The van der Waals surface area contributed by atoms with Gasteiger partial charge in [0, 0.05) is 25.9 Å². The molecule has 7 nitrogen and oxygen atoms in total. The maximum atomic E-state index is 5.71. The normalized spacial score (nSPS) is 21.5. The molecule has 2 heterocycles. The monoisotopic (exact) mass is 368 g/mol. The molecule has 24 heavy (non-hydrogen) atoms. The summed E-state index contributed by atoms with van der Waals surface area (Å²) in [5, 5.41) is 0. The standard InChI is InChI=1S/C10H24O3Si.C6H10O3.H2O/c1-5-9-10-14(11-6-2,12-7-3)13-8-4;1(5-3-8-5)7-2-6-4-9-6;/h5-10H2,1-4H3;5-6H,1-4H2;1H2. The smallest absolute Gasteiger partial charge is 0.412 e. The molecule has 0 radical (unpaired) electrons. The minimum Gasteiger partial charge on any atom is -0.412 e. The Kier molecular flexibility index (Phi) is 14.1. The van der Waals surface area contributed by atoms with Gasteiger partial charge < -0.3 is 33.0 Å². The molecule has 2 atom stereocenters. The van der Waals surface area contributed by atoms with Crippen LogP contribution in [0.15, 0.2) is 0 Å². The highest BCUT2D eigenvalue weighted by molar-refractivity contribution is 6.60. The lowest BCUT2D eigenvalue weighted by Gasteiger charge is -2.28. The Morgan fingerprint density at radius 2 is 1.25 bits per heavy atom. The van der Waals surface area contributed by atoms with Crippen molar-refractivity contribution in [3.8, 4) is 0 Å². The number of unbranched alkanes of at least 4 members (excludes halogenated alkanes) is 1. The molecule has 2 unspecified atom stereocenters. The summed E-state index contributed by atoms with van der Waals surface area (Å²) in [5.74, 6) is 0. The highest BCUT2D eigenvalue weighted by atomic mass is 28.4. The van der Waals surface area contributed by atoms with Gasteiger partial charge in [-0.05, 0) is 27.2 Å². The number of rotatable bonds is 13. The SMILES string of the molecule is C(OCC1CO1)C1CO1.CCCC[Si](OCC)(OCC)OCC.O. The van der Waals surface area contributed by atoms with E-state index in [1.54, 1.807) is 0 Å². The second kappa shape index (κ2) is 14.1. The molecule has 0 aliphatic carbocycles. The lowest BCUT2D eigenvalue weighted by molar-refractivity contribution is 0.0708. The van der Waals surface area contributed by atoms with E-state index in [2.05, 4.69) is 6.92 Å². The summed E-state index contributed by atoms with van der Waals surface area (Å²) in [7, 11) is -2.32. The zero-order valence-electron chi connectivity index (χ0n) is 15.7. The molecule has 0 bridgehead atoms. The number of epoxide rings is 2. The van der Waals surface area contributed by atoms with Crippen molar-refractivity contribution in [3.63, 3.8) is 0 Å². The van der Waals surface area contributed by atoms with Crippen molar-refractivity contribution in [2.24, 2.45) is 0 Å². The summed E-state index contributed by atoms with van der Waals surface area (Å²) < 4.78 is 32.2. The molecule has 0 aromatic rings. The molecule has 0 aromatic heterocycles. The third kappa shape index (κ3) is 11.5. The third-order valence-electron chi connectivity index (χ3n) is 3.34. The van der Waals surface area contributed by atoms with E-state index in [4.69, 9.17) is 27.5 Å². The lowest BCUT2D eigenvalue weighted by Crippen LogP contribution is -2.45. The van der Waals surface area contributed by atoms with Crippen LogP contribution in [-0.4, -0.2) is 72.7 Å². The Bertz CT molecular complexity index is 257. The van der Waals surface area contributed by atoms with Gasteiger partial charge in [0.15, 0.2) is 0 Å². The molecule has 2 N–H and O–H groups in total. The molecule has 0 aromatic carbocycles. The fraction of sp³-hybridized carbons (Fsp3) is 1.00. The Morgan fingerprint density at radius 1 is 0.833 bits per heavy atom. The second-order valence-corrected chi connectivity index (χ2v) is 8.27. The van der Waals surface area contributed by atoms with Crippen LogP contribution >= 0.6 is 0 Å². The van der Waals surface area contributed by atoms with E-state index in [0.29, 0.717) is 32.0 Å². The molecular weight excluding hydrogens is 332 g/mol. The Balaban J connectivity index is 0.000000452. The van der Waals surface area contributed by atoms with Crippen molar-refractivity contribution in [1.29, 1.82) is 0 Å². The number of hydrogen-bond acceptors (Lipinski definition) is 6. The first kappa shape index (κ1) is 23.9. The van der Waals surface area contributed by atoms with Crippen molar-refractivity contribution in [2.45, 2.75) is 58.8 Å². The van der Waals surface area contributed by atoms with Crippen LogP contribution in [0, 0.1) is 0 Å². The molecule has 2 saturated heterocycles. The van der Waals surface area contributed by atoms with Crippen LogP contribution in [-0.2, 0) is 27.5 Å². The molecule has 2 aliphatic heterocycles. The van der Waals surface area contributed by atoms with Crippen LogP contribution < -0.4 is 0 Å². The molecule has 0 spiro atoms. The summed E-state index contributed by atoms with van der Waals surface area (Å²) in [5.41, 5.74) is 0. The minimum absolute atomic E-state index is 0. The van der Waals surface area contributed by atoms with E-state index in [1.165, 1.54) is 0 Å². The molecule has 2 fully saturated rings. The molecular formula is C16H36O7Si. The first-order valence-electron chi connectivity index (χ1n) is 8.92. The van der Waals surface area contributed by atoms with Gasteiger partial charge in [-0.2, -0.15) is 0 Å². The van der Waals surface area contributed by atoms with E-state index in [-0.39, 0.29) is 5.48 Å². The van der Waals surface area contributed by atoms with Crippen LogP contribution in [0.4, 0.5) is 0 Å². The predicted octanol–water partition coefficient (Wildman–Crippen LogP) is 1.81. The summed E-state index contributed by atoms with van der Waals surface area (Å²) in [6, 6.07) is 0.943. The van der Waals surface area contributed by atoms with Gasteiger partial charge >= 0.3 is 8.80 Å². The number of hydrogen-bond donors (Lipinski definition) is 0. The van der Waals surface area contributed by atoms with Crippen molar-refractivity contribution in [2.75, 3.05) is 46.2 Å². The minimum atomic E-state index is -2.32. The average molecular weight is 369 g/mol. The number of ether oxygens (including phenoxy) is 3. The molecule has 2 aliphatic rings. The maximum absolute atomic E-state index is 5.71. The van der Waals surface area contributed by atoms with Gasteiger partial charge in [-0.15, -0.1) is 0 Å². The van der Waals surface area contributed by atoms with E-state index in [9.17, 15) is 0 Å². The van der Waals surface area contributed by atoms with Gasteiger partial charge in [0.2, 0.25) is 0 Å². The maximum Gasteiger partial charge on any atom is 0.500 e. The highest BCUT2D eigenvalue weighted by Crippen LogP contribution is 2.18. The Labute approximate surface area is 147 Å². The zero-order chi connectivity index (χ0) is 17.0. The summed E-state index contributed by atoms with van der Waals surface area (Å²) in [4.78, 5) is 0. The highest BCUT2D eigenvalue weighted by Gasteiger charge is 2.39. The summed E-state index contributed by atoms with van der Waals surface area (Å²) in [6.07, 6.45) is 3.06. The van der Waals surface area contributed by atoms with Crippen LogP contribution in [0.1, 0.15) is 40.5 Å². The third-order valence-corrected chi connectivity index (χ3v) is 6.49. The van der Waals surface area contributed by atoms with Gasteiger partial charge in [-0.1, -0.05) is 13.3 Å². The van der Waals surface area contributed by atoms with Gasteiger partial charge in [-0.3, -0.25) is 0 Å². The van der Waals surface area contributed by atoms with Crippen LogP contribution in [0.2, 0.25) is 6.04 Å². The van der Waals surface area contributed by atoms with Crippen molar-refractivity contribution in [1.82, 2.24) is 0 Å². The molecule has 146 valence electrons. The molecule has 0 amide bonds. The van der Waals surface area contributed by atoms with Gasteiger partial charge in [0.1, 0.15) is 12.2 Å². The first-order chi connectivity index (χ1) is 11.2. The average Bonchev–Trinajstić information content (AvgIpc) is 3.42. The van der Waals surface area contributed by atoms with Gasteiger partial charge in [0.05, 0.1) is 26.4 Å². The van der Waals surface area contributed by atoms with E-state index < -0.39 is 8.80 Å². The fourth-order valence-corrected chi connectivity index (χ4v) is 4.84. The molecule has 2 rings (SSSR count). The van der Waals surface area contributed by atoms with Crippen LogP contribution in [0.25, 0.3) is 0 Å². The van der Waals surface area contributed by atoms with Gasteiger partial charge in [0.25, 0.3) is 0 Å². The molecule has 8 heteroatoms. The second-order valence-electron chi connectivity index (χ2n) is 5.53.